The molecule has 0 bridgehead atoms. The third-order valence-corrected chi connectivity index (χ3v) is 10.5. The summed E-state index contributed by atoms with van der Waals surface area (Å²) in [4.78, 5) is 30.9. The van der Waals surface area contributed by atoms with E-state index in [0.29, 0.717) is 40.8 Å². The van der Waals surface area contributed by atoms with Crippen LogP contribution in [-0.2, 0) is 38.1 Å². The number of carbonyl (C=O) groups is 2. The topological polar surface area (TPSA) is 162 Å². The molecule has 2 atom stereocenters. The average Bonchev–Trinajstić information content (AvgIpc) is 3.59. The number of pyridine rings is 2. The van der Waals surface area contributed by atoms with E-state index in [1.807, 2.05) is 41.5 Å². The van der Waals surface area contributed by atoms with Gasteiger partial charge < -0.3 is 14.8 Å². The molecule has 12 nitrogen and oxygen atoms in total. The van der Waals surface area contributed by atoms with Gasteiger partial charge in [-0.2, -0.15) is 4.31 Å². The van der Waals surface area contributed by atoms with Crippen molar-refractivity contribution < 1.29 is 35.9 Å². The maximum Gasteiger partial charge on any atom is 0.306 e. The summed E-state index contributed by atoms with van der Waals surface area (Å²) in [5, 5.41) is 3.23. The largest absolute Gasteiger partial charge is 0.460 e. The van der Waals surface area contributed by atoms with Crippen LogP contribution in [0.25, 0.3) is 0 Å². The number of hydrogen-bond donors (Lipinski definition) is 1. The number of esters is 2. The van der Waals surface area contributed by atoms with Crippen LogP contribution in [0.3, 0.4) is 0 Å². The first-order chi connectivity index (χ1) is 21.5. The summed E-state index contributed by atoms with van der Waals surface area (Å²) < 4.78 is 59.7. The predicted molar refractivity (Wildman–Crippen MR) is 186 cm³/mol. The Hall–Kier alpha value is -1.69. The molecule has 0 radical (unpaired) electrons. The standard InChI is InChI=1S/C15H21BrN2O4S.C10H19NO2.C5H3BrClNO2S/c1-15(2,3)22-14(19)6-11-4-5-18(10-11)23(20,21)13-7-12(16)8-17-9-13;1-10(2,3)13-9(12)6-8-4-5-11-7-8;6-4-1-5(3-8-2-4)11(7,9)10/h7-9,11H,4-6,10H2,1-3H3;8,11H,4-7H2,1-3H3;1-3H. The third-order valence-electron chi connectivity index (χ3n) is 6.44. The Morgan fingerprint density at radius 1 is 0.851 bits per heavy atom. The first-order valence-electron chi connectivity index (χ1n) is 14.9. The predicted octanol–water partition coefficient (Wildman–Crippen LogP) is 5.69. The van der Waals surface area contributed by atoms with Crippen LogP contribution >= 0.6 is 42.5 Å². The molecule has 4 heterocycles. The summed E-state index contributed by atoms with van der Waals surface area (Å²) in [5.74, 6) is 0.113. The molecule has 47 heavy (non-hydrogen) atoms. The van der Waals surface area contributed by atoms with Crippen molar-refractivity contribution in [2.45, 2.75) is 88.2 Å². The molecule has 1 N–H and O–H groups in total. The Labute approximate surface area is 299 Å². The van der Waals surface area contributed by atoms with Crippen LogP contribution in [0.5, 0.6) is 0 Å². The molecule has 264 valence electrons. The highest BCUT2D eigenvalue weighted by molar-refractivity contribution is 9.10. The van der Waals surface area contributed by atoms with E-state index in [0.717, 1.165) is 19.5 Å². The zero-order valence-corrected chi connectivity index (χ0v) is 32.9. The van der Waals surface area contributed by atoms with E-state index in [-0.39, 0.29) is 39.7 Å². The van der Waals surface area contributed by atoms with E-state index in [1.54, 1.807) is 0 Å². The summed E-state index contributed by atoms with van der Waals surface area (Å²) in [6, 6.07) is 2.92. The Balaban J connectivity index is 0.000000270. The van der Waals surface area contributed by atoms with Crippen molar-refractivity contribution in [3.05, 3.63) is 45.9 Å². The Morgan fingerprint density at radius 2 is 1.34 bits per heavy atom. The van der Waals surface area contributed by atoms with Crippen molar-refractivity contribution in [2.24, 2.45) is 11.8 Å². The molecule has 0 amide bonds. The molecule has 2 aliphatic heterocycles. The highest BCUT2D eigenvalue weighted by Gasteiger charge is 2.34. The van der Waals surface area contributed by atoms with E-state index in [2.05, 4.69) is 47.1 Å². The van der Waals surface area contributed by atoms with Crippen molar-refractivity contribution in [2.75, 3.05) is 26.2 Å². The highest BCUT2D eigenvalue weighted by atomic mass is 79.9. The number of hydrogen-bond acceptors (Lipinski definition) is 11. The van der Waals surface area contributed by atoms with Crippen molar-refractivity contribution in [3.8, 4) is 0 Å². The number of sulfonamides is 1. The smallest absolute Gasteiger partial charge is 0.306 e. The molecule has 17 heteroatoms. The van der Waals surface area contributed by atoms with Crippen LogP contribution in [0.15, 0.2) is 55.7 Å². The molecule has 0 saturated carbocycles. The lowest BCUT2D eigenvalue weighted by Crippen LogP contribution is -2.30. The van der Waals surface area contributed by atoms with Crippen LogP contribution in [0.4, 0.5) is 0 Å². The first-order valence-corrected chi connectivity index (χ1v) is 20.2. The monoisotopic (exact) mass is 844 g/mol. The zero-order chi connectivity index (χ0) is 35.6. The van der Waals surface area contributed by atoms with Crippen LogP contribution in [0, 0.1) is 11.8 Å². The Kier molecular flexibility index (Phi) is 15.7. The van der Waals surface area contributed by atoms with Crippen LogP contribution < -0.4 is 5.32 Å². The fourth-order valence-corrected chi connectivity index (χ4v) is 7.78. The van der Waals surface area contributed by atoms with Crippen molar-refractivity contribution >= 4 is 73.6 Å². The lowest BCUT2D eigenvalue weighted by atomic mass is 10.1. The number of ether oxygens (including phenoxy) is 2. The molecule has 0 spiro atoms. The van der Waals surface area contributed by atoms with E-state index < -0.39 is 24.7 Å². The van der Waals surface area contributed by atoms with Gasteiger partial charge in [0.2, 0.25) is 10.0 Å². The van der Waals surface area contributed by atoms with Gasteiger partial charge in [-0.3, -0.25) is 19.6 Å². The van der Waals surface area contributed by atoms with Crippen molar-refractivity contribution in [3.63, 3.8) is 0 Å². The molecular formula is C30H43Br2ClN4O8S2. The Morgan fingerprint density at radius 3 is 1.77 bits per heavy atom. The second kappa shape index (κ2) is 17.8. The molecule has 2 aliphatic rings. The van der Waals surface area contributed by atoms with Gasteiger partial charge in [0.1, 0.15) is 21.0 Å². The average molecular weight is 847 g/mol. The molecule has 2 aromatic rings. The van der Waals surface area contributed by atoms with Gasteiger partial charge in [-0.25, -0.2) is 16.8 Å². The normalized spacial score (nSPS) is 18.7. The number of nitrogens with one attached hydrogen (secondary N) is 1. The van der Waals surface area contributed by atoms with Gasteiger partial charge in [0.05, 0.1) is 0 Å². The molecular weight excluding hydrogens is 804 g/mol. The summed E-state index contributed by atoms with van der Waals surface area (Å²) >= 11 is 6.30. The number of carbonyl (C=O) groups excluding carboxylic acids is 2. The lowest BCUT2D eigenvalue weighted by molar-refractivity contribution is -0.157. The minimum Gasteiger partial charge on any atom is -0.460 e. The summed E-state index contributed by atoms with van der Waals surface area (Å²) in [6.07, 6.45) is 8.08. The molecule has 0 aliphatic carbocycles. The first kappa shape index (κ1) is 41.5. The van der Waals surface area contributed by atoms with E-state index in [1.165, 1.54) is 41.2 Å². The van der Waals surface area contributed by atoms with Gasteiger partial charge in [0, 0.05) is 70.3 Å². The van der Waals surface area contributed by atoms with Gasteiger partial charge in [-0.05, 0) is 123 Å². The second-order valence-electron chi connectivity index (χ2n) is 13.1. The van der Waals surface area contributed by atoms with Gasteiger partial charge in [-0.15, -0.1) is 0 Å². The third kappa shape index (κ3) is 16.0. The molecule has 2 fully saturated rings. The number of nitrogens with zero attached hydrogens (tertiary/aromatic N) is 3. The maximum atomic E-state index is 12.6. The van der Waals surface area contributed by atoms with Crippen LogP contribution in [-0.4, -0.2) is 80.4 Å². The highest BCUT2D eigenvalue weighted by Crippen LogP contribution is 2.28. The number of aromatic nitrogens is 2. The van der Waals surface area contributed by atoms with E-state index in [4.69, 9.17) is 20.2 Å². The Bertz CT molecular complexity index is 1580. The van der Waals surface area contributed by atoms with Gasteiger partial charge in [-0.1, -0.05) is 0 Å². The van der Waals surface area contributed by atoms with E-state index >= 15 is 0 Å². The van der Waals surface area contributed by atoms with Gasteiger partial charge in [0.15, 0.2) is 0 Å². The molecule has 4 rings (SSSR count). The minimum atomic E-state index is -3.65. The van der Waals surface area contributed by atoms with Crippen LogP contribution in [0.2, 0.25) is 0 Å². The second-order valence-corrected chi connectivity index (χ2v) is 19.4. The van der Waals surface area contributed by atoms with Crippen LogP contribution in [0.1, 0.15) is 67.2 Å². The zero-order valence-electron chi connectivity index (χ0n) is 27.3. The lowest BCUT2D eigenvalue weighted by Gasteiger charge is -2.21. The molecule has 0 aromatic carbocycles. The maximum absolute atomic E-state index is 12.6. The van der Waals surface area contributed by atoms with Crippen molar-refractivity contribution in [1.82, 2.24) is 19.6 Å². The van der Waals surface area contributed by atoms with Gasteiger partial charge in [0.25, 0.3) is 9.05 Å². The number of rotatable bonds is 7. The fourth-order valence-electron chi connectivity index (χ4n) is 4.52. The van der Waals surface area contributed by atoms with Gasteiger partial charge >= 0.3 is 11.9 Å². The molecule has 2 aromatic heterocycles. The summed E-state index contributed by atoms with van der Waals surface area (Å²) in [5.41, 5.74) is -0.868. The molecule has 2 unspecified atom stereocenters. The van der Waals surface area contributed by atoms with Crippen molar-refractivity contribution in [1.29, 1.82) is 0 Å². The SMILES string of the molecule is CC(C)(C)OC(=O)CC1CCN(S(=O)(=O)c2cncc(Br)c2)C1.CC(C)(C)OC(=O)CC1CCNC1.O=S(=O)(Cl)c1cncc(Br)c1. The molecule has 2 saturated heterocycles. The van der Waals surface area contributed by atoms with E-state index in [9.17, 15) is 26.4 Å². The summed E-state index contributed by atoms with van der Waals surface area (Å²) in [6.45, 7) is 13.9. The number of halogens is 3. The quantitative estimate of drug-likeness (QED) is 0.270. The fraction of sp³-hybridized carbons (Fsp3) is 0.600. The summed E-state index contributed by atoms with van der Waals surface area (Å²) in [7, 11) is -2.18. The minimum absolute atomic E-state index is 0.00598.